The van der Waals surface area contributed by atoms with Crippen molar-refractivity contribution in [2.75, 3.05) is 58.3 Å². The van der Waals surface area contributed by atoms with E-state index in [1.807, 2.05) is 59.8 Å². The number of anilines is 1. The maximum absolute atomic E-state index is 13.9. The van der Waals surface area contributed by atoms with Gasteiger partial charge in [-0.25, -0.2) is 14.8 Å². The van der Waals surface area contributed by atoms with E-state index < -0.39 is 12.1 Å². The third-order valence-electron chi connectivity index (χ3n) is 12.4. The molecule has 6 aromatic rings. The van der Waals surface area contributed by atoms with Crippen molar-refractivity contribution in [1.29, 1.82) is 0 Å². The molecule has 2 aromatic heterocycles. The highest BCUT2D eigenvalue weighted by atomic mass is 16.5. The van der Waals surface area contributed by atoms with Crippen LogP contribution in [0.5, 0.6) is 0 Å². The number of aromatic amines is 2. The van der Waals surface area contributed by atoms with Crippen LogP contribution in [0.15, 0.2) is 116 Å². The van der Waals surface area contributed by atoms with Gasteiger partial charge in [-0.15, -0.1) is 0 Å². The minimum Gasteiger partial charge on any atom is -0.453 e. The number of nitrogens with one attached hydrogen (secondary N) is 3. The fraction of sp³-hybridized carbons (Fsp3) is 0.312. The fourth-order valence-electron chi connectivity index (χ4n) is 8.92. The molecular weight excluding hydrogens is 767 g/mol. The summed E-state index contributed by atoms with van der Waals surface area (Å²) in [6, 6.07) is 32.8. The van der Waals surface area contributed by atoms with Crippen molar-refractivity contribution in [1.82, 2.24) is 40.0 Å². The minimum absolute atomic E-state index is 0.0460. The summed E-state index contributed by atoms with van der Waals surface area (Å²) < 4.78 is 4.84. The molecule has 3 atom stereocenters. The highest BCUT2D eigenvalue weighted by Crippen LogP contribution is 2.36. The predicted molar refractivity (Wildman–Crippen MR) is 235 cm³/mol. The predicted octanol–water partition coefficient (Wildman–Crippen LogP) is 7.62. The lowest BCUT2D eigenvalue weighted by atomic mass is 10.0. The number of rotatable bonds is 10. The molecule has 13 nitrogen and oxygen atoms in total. The molecule has 0 saturated carbocycles. The molecule has 312 valence electrons. The van der Waals surface area contributed by atoms with E-state index in [2.05, 4.69) is 92.8 Å². The summed E-state index contributed by atoms with van der Waals surface area (Å²) in [7, 11) is 3.44. The molecule has 5 heterocycles. The number of methoxy groups -OCH3 is 1. The Bertz CT molecular complexity index is 2460. The van der Waals surface area contributed by atoms with E-state index in [9.17, 15) is 14.4 Å². The molecule has 3 aliphatic rings. The first-order chi connectivity index (χ1) is 29.8. The summed E-state index contributed by atoms with van der Waals surface area (Å²) in [5, 5.41) is 2.72. The molecule has 0 bridgehead atoms. The highest BCUT2D eigenvalue weighted by Gasteiger charge is 2.37. The summed E-state index contributed by atoms with van der Waals surface area (Å²) in [4.78, 5) is 64.8. The number of nitrogens with zero attached hydrogens (tertiary/aromatic N) is 6. The molecule has 0 spiro atoms. The Hall–Kier alpha value is -6.73. The maximum atomic E-state index is 13.9. The van der Waals surface area contributed by atoms with Crippen molar-refractivity contribution in [2.45, 2.75) is 43.8 Å². The lowest BCUT2D eigenvalue weighted by Gasteiger charge is -2.34. The summed E-state index contributed by atoms with van der Waals surface area (Å²) in [6.07, 6.45) is 6.42. The van der Waals surface area contributed by atoms with Gasteiger partial charge >= 0.3 is 6.09 Å². The molecular formula is C48H51N9O4. The average Bonchev–Trinajstić information content (AvgIpc) is 4.16. The van der Waals surface area contributed by atoms with Gasteiger partial charge in [0.1, 0.15) is 17.7 Å². The standard InChI is InChI=1S/C48H51N9O4/c1-54-26-28-55(29-27-54)38-22-20-37(21-23-38)46(58)56-24-6-10-41(56)44-49-30-39(51-44)34-16-12-32(13-17-34)33-14-18-35(19-15-33)40-31-50-45(52-40)42-11-7-25-57(42)47(59)43(53-48(60)61-2)36-8-4-3-5-9-36/h3-5,8-9,12-23,30-31,41-43H,6-7,10-11,24-29H2,1-2H3,(H,49,51)(H,50,52)(H,53,60)/t41-,42-,43+/m0/s1. The zero-order chi connectivity index (χ0) is 41.9. The van der Waals surface area contributed by atoms with Gasteiger partial charge in [-0.2, -0.15) is 0 Å². The number of aromatic nitrogens is 4. The van der Waals surface area contributed by atoms with E-state index >= 15 is 0 Å². The Balaban J connectivity index is 0.835. The van der Waals surface area contributed by atoms with Gasteiger partial charge in [0.2, 0.25) is 0 Å². The molecule has 3 N–H and O–H groups in total. The third kappa shape index (κ3) is 8.38. The second-order valence-corrected chi connectivity index (χ2v) is 16.2. The minimum atomic E-state index is -0.871. The second-order valence-electron chi connectivity index (χ2n) is 16.2. The van der Waals surface area contributed by atoms with Crippen molar-refractivity contribution in [3.05, 3.63) is 138 Å². The van der Waals surface area contributed by atoms with Crippen LogP contribution in [-0.4, -0.2) is 106 Å². The molecule has 0 aliphatic carbocycles. The maximum Gasteiger partial charge on any atom is 0.407 e. The van der Waals surface area contributed by atoms with Gasteiger partial charge in [0.15, 0.2) is 0 Å². The number of likely N-dealkylation sites (N-methyl/N-ethyl adjacent to an activating group) is 1. The van der Waals surface area contributed by atoms with E-state index in [1.54, 1.807) is 4.90 Å². The molecule has 3 fully saturated rings. The van der Waals surface area contributed by atoms with E-state index in [-0.39, 0.29) is 23.9 Å². The van der Waals surface area contributed by atoms with Gasteiger partial charge in [0.25, 0.3) is 11.8 Å². The number of benzene rings is 4. The first-order valence-corrected chi connectivity index (χ1v) is 21.2. The van der Waals surface area contributed by atoms with E-state index in [0.717, 1.165) is 91.3 Å². The Labute approximate surface area is 355 Å². The molecule has 4 aromatic carbocycles. The van der Waals surface area contributed by atoms with Crippen molar-refractivity contribution in [3.8, 4) is 33.6 Å². The number of imidazole rings is 2. The average molecular weight is 818 g/mol. The van der Waals surface area contributed by atoms with E-state index in [1.165, 1.54) is 12.8 Å². The number of carbonyl (C=O) groups is 3. The highest BCUT2D eigenvalue weighted by molar-refractivity contribution is 5.95. The quantitative estimate of drug-likeness (QED) is 0.128. The normalized spacial score (nSPS) is 18.6. The molecule has 0 unspecified atom stereocenters. The van der Waals surface area contributed by atoms with Crippen LogP contribution in [0.4, 0.5) is 10.5 Å². The smallest absolute Gasteiger partial charge is 0.407 e. The zero-order valence-electron chi connectivity index (χ0n) is 34.6. The van der Waals surface area contributed by atoms with Gasteiger partial charge < -0.3 is 39.6 Å². The molecule has 3 aliphatic heterocycles. The third-order valence-corrected chi connectivity index (χ3v) is 12.4. The van der Waals surface area contributed by atoms with Gasteiger partial charge in [0, 0.05) is 50.5 Å². The SMILES string of the molecule is COC(=O)N[C@@H](C(=O)N1CCC[C@H]1c1ncc(-c2ccc(-c3ccc(-c4cnc([C@@H]5CCCN5C(=O)c5ccc(N6CCN(C)CC6)cc5)[nH]4)cc3)cc2)[nH]1)c1ccccc1. The van der Waals surface area contributed by atoms with Crippen LogP contribution in [0.25, 0.3) is 33.6 Å². The Kier molecular flexibility index (Phi) is 11.4. The van der Waals surface area contributed by atoms with Gasteiger partial charge in [-0.3, -0.25) is 9.59 Å². The fourth-order valence-corrected chi connectivity index (χ4v) is 8.92. The Morgan fingerprint density at radius 2 is 1.18 bits per heavy atom. The van der Waals surface area contributed by atoms with Crippen molar-refractivity contribution in [2.24, 2.45) is 0 Å². The number of hydrogen-bond donors (Lipinski definition) is 3. The summed E-state index contributed by atoms with van der Waals surface area (Å²) >= 11 is 0. The van der Waals surface area contributed by atoms with E-state index in [4.69, 9.17) is 14.7 Å². The van der Waals surface area contributed by atoms with Crippen LogP contribution in [0, 0.1) is 0 Å². The second kappa shape index (κ2) is 17.5. The molecule has 3 amide bonds. The number of hydrogen-bond acceptors (Lipinski definition) is 8. The molecule has 9 rings (SSSR count). The van der Waals surface area contributed by atoms with E-state index in [0.29, 0.717) is 30.0 Å². The number of carbonyl (C=O) groups excluding carboxylic acids is 3. The first-order valence-electron chi connectivity index (χ1n) is 21.2. The van der Waals surface area contributed by atoms with Gasteiger partial charge in [-0.1, -0.05) is 78.9 Å². The topological polar surface area (TPSA) is 143 Å². The number of ether oxygens (including phenoxy) is 1. The van der Waals surface area contributed by atoms with Gasteiger partial charge in [-0.05, 0) is 84.8 Å². The Morgan fingerprint density at radius 3 is 1.74 bits per heavy atom. The van der Waals surface area contributed by atoms with Crippen LogP contribution in [-0.2, 0) is 9.53 Å². The zero-order valence-corrected chi connectivity index (χ0v) is 34.6. The largest absolute Gasteiger partial charge is 0.453 e. The van der Waals surface area contributed by atoms with Crippen LogP contribution < -0.4 is 10.2 Å². The van der Waals surface area contributed by atoms with Crippen molar-refractivity contribution < 1.29 is 19.1 Å². The number of piperazine rings is 1. The van der Waals surface area contributed by atoms with Gasteiger partial charge in [0.05, 0.1) is 43.0 Å². The molecule has 3 saturated heterocycles. The van der Waals surface area contributed by atoms with Crippen LogP contribution >= 0.6 is 0 Å². The first kappa shape index (κ1) is 39.7. The lowest BCUT2D eigenvalue weighted by Crippen LogP contribution is -2.44. The number of likely N-dealkylation sites (tertiary alicyclic amines) is 2. The number of amides is 3. The number of H-pyrrole nitrogens is 2. The Morgan fingerprint density at radius 1 is 0.656 bits per heavy atom. The molecule has 0 radical (unpaired) electrons. The summed E-state index contributed by atoms with van der Waals surface area (Å²) in [5.41, 5.74) is 8.51. The monoisotopic (exact) mass is 817 g/mol. The van der Waals surface area contributed by atoms with Crippen LogP contribution in [0.2, 0.25) is 0 Å². The van der Waals surface area contributed by atoms with Crippen molar-refractivity contribution >= 4 is 23.6 Å². The van der Waals surface area contributed by atoms with Crippen LogP contribution in [0.1, 0.15) is 71.4 Å². The van der Waals surface area contributed by atoms with Crippen LogP contribution in [0.3, 0.4) is 0 Å². The number of alkyl carbamates (subject to hydrolysis) is 1. The lowest BCUT2D eigenvalue weighted by molar-refractivity contribution is -0.134. The summed E-state index contributed by atoms with van der Waals surface area (Å²) in [6.45, 7) is 5.35. The molecule has 61 heavy (non-hydrogen) atoms. The van der Waals surface area contributed by atoms with Crippen molar-refractivity contribution in [3.63, 3.8) is 0 Å². The summed E-state index contributed by atoms with van der Waals surface area (Å²) in [5.74, 6) is 1.37. The molecule has 13 heteroatoms.